The summed E-state index contributed by atoms with van der Waals surface area (Å²) in [5, 5.41) is 8.57. The number of carbonyl (C=O) groups excluding carboxylic acids is 1. The summed E-state index contributed by atoms with van der Waals surface area (Å²) in [6.07, 6.45) is 0. The predicted molar refractivity (Wildman–Crippen MR) is 122 cm³/mol. The minimum Gasteiger partial charge on any atom is -0.411 e. The number of benzene rings is 3. The molecule has 0 saturated heterocycles. The van der Waals surface area contributed by atoms with E-state index in [4.69, 9.17) is 4.42 Å². The summed E-state index contributed by atoms with van der Waals surface area (Å²) in [6, 6.07) is 23.5. The van der Waals surface area contributed by atoms with Crippen molar-refractivity contribution in [2.75, 3.05) is 10.7 Å². The molecule has 0 radical (unpaired) electrons. The van der Waals surface area contributed by atoms with Crippen LogP contribution in [0.2, 0.25) is 0 Å². The van der Waals surface area contributed by atoms with Crippen molar-refractivity contribution in [3.05, 3.63) is 77.3 Å². The summed E-state index contributed by atoms with van der Waals surface area (Å²) >= 11 is 6.40. The molecule has 0 bridgehead atoms. The van der Waals surface area contributed by atoms with Gasteiger partial charge >= 0.3 is 0 Å². The first-order chi connectivity index (χ1) is 14.7. The highest BCUT2D eigenvalue weighted by Gasteiger charge is 2.28. The Labute approximate surface area is 190 Å². The lowest BCUT2D eigenvalue weighted by molar-refractivity contribution is -0.115. The van der Waals surface area contributed by atoms with E-state index in [2.05, 4.69) is 26.1 Å². The van der Waals surface area contributed by atoms with Crippen molar-refractivity contribution in [2.24, 2.45) is 0 Å². The average Bonchev–Trinajstić information content (AvgIpc) is 3.25. The van der Waals surface area contributed by atoms with Crippen LogP contribution in [0.1, 0.15) is 0 Å². The van der Waals surface area contributed by atoms with Crippen LogP contribution >= 0.6 is 39.5 Å². The first-order valence-electron chi connectivity index (χ1n) is 9.11. The van der Waals surface area contributed by atoms with Crippen LogP contribution in [0.3, 0.4) is 0 Å². The topological polar surface area (TPSA) is 59.2 Å². The quantitative estimate of drug-likeness (QED) is 0.304. The largest absolute Gasteiger partial charge is 0.411 e. The van der Waals surface area contributed by atoms with Gasteiger partial charge in [0.05, 0.1) is 22.7 Å². The van der Waals surface area contributed by atoms with Crippen LogP contribution in [0.25, 0.3) is 11.5 Å². The summed E-state index contributed by atoms with van der Waals surface area (Å²) in [6.45, 7) is 0. The lowest BCUT2D eigenvalue weighted by atomic mass is 10.2. The second-order valence-corrected chi connectivity index (χ2v) is 9.27. The molecular formula is C22H14BrN3O2S2. The third-order valence-corrected chi connectivity index (χ3v) is 7.14. The minimum absolute atomic E-state index is 0.0409. The van der Waals surface area contributed by atoms with Gasteiger partial charge in [0.2, 0.25) is 11.8 Å². The Morgan fingerprint density at radius 1 is 0.933 bits per heavy atom. The molecule has 0 atom stereocenters. The molecule has 5 rings (SSSR count). The van der Waals surface area contributed by atoms with Gasteiger partial charge in [0.1, 0.15) is 0 Å². The zero-order valence-corrected chi connectivity index (χ0v) is 18.7. The number of fused-ring (bicyclic) bond motifs is 2. The van der Waals surface area contributed by atoms with E-state index < -0.39 is 0 Å². The molecule has 0 aliphatic carbocycles. The Morgan fingerprint density at radius 2 is 1.57 bits per heavy atom. The van der Waals surface area contributed by atoms with E-state index in [0.717, 1.165) is 31.2 Å². The SMILES string of the molecule is O=C(CSc1nnc(-c2ccccc2Br)o1)N1c2ccccc2Sc2ccccc21. The number of aromatic nitrogens is 2. The van der Waals surface area contributed by atoms with Gasteiger partial charge in [0, 0.05) is 14.3 Å². The fraction of sp³-hybridized carbons (Fsp3) is 0.0455. The van der Waals surface area contributed by atoms with E-state index in [1.165, 1.54) is 11.8 Å². The van der Waals surface area contributed by atoms with E-state index in [0.29, 0.717) is 11.1 Å². The molecule has 148 valence electrons. The van der Waals surface area contributed by atoms with Crippen LogP contribution in [0.5, 0.6) is 0 Å². The molecule has 0 saturated carbocycles. The number of rotatable bonds is 4. The van der Waals surface area contributed by atoms with Gasteiger partial charge in [-0.05, 0) is 52.3 Å². The van der Waals surface area contributed by atoms with Crippen molar-refractivity contribution in [1.29, 1.82) is 0 Å². The van der Waals surface area contributed by atoms with Gasteiger partial charge in [0.15, 0.2) is 0 Å². The monoisotopic (exact) mass is 495 g/mol. The van der Waals surface area contributed by atoms with Gasteiger partial charge in [-0.3, -0.25) is 9.69 Å². The molecule has 0 spiro atoms. The van der Waals surface area contributed by atoms with Crippen LogP contribution in [-0.2, 0) is 4.79 Å². The average molecular weight is 496 g/mol. The summed E-state index contributed by atoms with van der Waals surface area (Å²) < 4.78 is 6.64. The first-order valence-corrected chi connectivity index (χ1v) is 11.7. The molecule has 1 aliphatic heterocycles. The summed E-state index contributed by atoms with van der Waals surface area (Å²) in [7, 11) is 0. The van der Waals surface area contributed by atoms with Gasteiger partial charge in [0.25, 0.3) is 5.22 Å². The number of halogens is 1. The van der Waals surface area contributed by atoms with E-state index in [1.54, 1.807) is 16.7 Å². The first kappa shape index (κ1) is 19.4. The van der Waals surface area contributed by atoms with Crippen LogP contribution < -0.4 is 4.90 Å². The van der Waals surface area contributed by atoms with Crippen molar-refractivity contribution in [3.63, 3.8) is 0 Å². The molecule has 4 aromatic rings. The Balaban J connectivity index is 1.38. The lowest BCUT2D eigenvalue weighted by Crippen LogP contribution is -2.29. The minimum atomic E-state index is -0.0409. The number of carbonyl (C=O) groups is 1. The standard InChI is InChI=1S/C22H14BrN3O2S2/c23-15-8-2-1-7-14(15)21-24-25-22(28-21)29-13-20(27)26-16-9-3-5-11-18(16)30-19-12-6-4-10-17(19)26/h1-12H,13H2. The number of anilines is 2. The van der Waals surface area contributed by atoms with Crippen LogP contribution in [0, 0.1) is 0 Å². The molecule has 3 aromatic carbocycles. The molecule has 0 fully saturated rings. The highest BCUT2D eigenvalue weighted by molar-refractivity contribution is 9.10. The number of para-hydroxylation sites is 2. The van der Waals surface area contributed by atoms with Crippen molar-refractivity contribution in [3.8, 4) is 11.5 Å². The molecule has 5 nitrogen and oxygen atoms in total. The number of hydrogen-bond donors (Lipinski definition) is 0. The molecule has 2 heterocycles. The summed E-state index contributed by atoms with van der Waals surface area (Å²) in [4.78, 5) is 17.1. The number of nitrogens with zero attached hydrogens (tertiary/aromatic N) is 3. The Morgan fingerprint density at radius 3 is 2.27 bits per heavy atom. The van der Waals surface area contributed by atoms with Gasteiger partial charge < -0.3 is 4.42 Å². The van der Waals surface area contributed by atoms with Gasteiger partial charge in [-0.2, -0.15) is 0 Å². The number of hydrogen-bond acceptors (Lipinski definition) is 6. The van der Waals surface area contributed by atoms with E-state index in [1.807, 2.05) is 72.8 Å². The van der Waals surface area contributed by atoms with Crippen LogP contribution in [0.15, 0.2) is 96.7 Å². The predicted octanol–water partition coefficient (Wildman–Crippen LogP) is 6.42. The number of amides is 1. The van der Waals surface area contributed by atoms with Gasteiger partial charge in [-0.25, -0.2) is 0 Å². The van der Waals surface area contributed by atoms with Crippen molar-refractivity contribution in [2.45, 2.75) is 15.0 Å². The number of thioether (sulfide) groups is 1. The second kappa shape index (κ2) is 8.29. The zero-order valence-electron chi connectivity index (χ0n) is 15.5. The lowest BCUT2D eigenvalue weighted by Gasteiger charge is -2.30. The zero-order chi connectivity index (χ0) is 20.5. The molecular weight excluding hydrogens is 482 g/mol. The maximum atomic E-state index is 13.2. The van der Waals surface area contributed by atoms with Crippen molar-refractivity contribution >= 4 is 56.7 Å². The Kier molecular flexibility index (Phi) is 5.37. The van der Waals surface area contributed by atoms with Gasteiger partial charge in [-0.1, -0.05) is 59.9 Å². The van der Waals surface area contributed by atoms with E-state index >= 15 is 0 Å². The van der Waals surface area contributed by atoms with E-state index in [-0.39, 0.29) is 11.7 Å². The van der Waals surface area contributed by atoms with Crippen molar-refractivity contribution < 1.29 is 9.21 Å². The third-order valence-electron chi connectivity index (χ3n) is 4.51. The van der Waals surface area contributed by atoms with Crippen LogP contribution in [-0.4, -0.2) is 21.9 Å². The molecule has 1 amide bonds. The molecule has 0 N–H and O–H groups in total. The normalized spacial score (nSPS) is 12.4. The molecule has 1 aromatic heterocycles. The van der Waals surface area contributed by atoms with Gasteiger partial charge in [-0.15, -0.1) is 10.2 Å². The highest BCUT2D eigenvalue weighted by atomic mass is 79.9. The molecule has 1 aliphatic rings. The Bertz CT molecular complexity index is 1200. The third kappa shape index (κ3) is 3.66. The fourth-order valence-electron chi connectivity index (χ4n) is 3.17. The Hall–Kier alpha value is -2.55. The summed E-state index contributed by atoms with van der Waals surface area (Å²) in [5.74, 6) is 0.564. The molecule has 0 unspecified atom stereocenters. The second-order valence-electron chi connectivity index (χ2n) is 6.41. The maximum absolute atomic E-state index is 13.2. The van der Waals surface area contributed by atoms with E-state index in [9.17, 15) is 4.79 Å². The smallest absolute Gasteiger partial charge is 0.277 e. The molecule has 8 heteroatoms. The highest BCUT2D eigenvalue weighted by Crippen LogP contribution is 2.48. The fourth-order valence-corrected chi connectivity index (χ4v) is 5.30. The van der Waals surface area contributed by atoms with Crippen LogP contribution in [0.4, 0.5) is 11.4 Å². The maximum Gasteiger partial charge on any atom is 0.277 e. The van der Waals surface area contributed by atoms with Crippen molar-refractivity contribution in [1.82, 2.24) is 10.2 Å². The molecule has 30 heavy (non-hydrogen) atoms. The summed E-state index contributed by atoms with van der Waals surface area (Å²) in [5.41, 5.74) is 2.61.